The molecule has 4 nitrogen and oxygen atoms in total. The van der Waals surface area contributed by atoms with Gasteiger partial charge < -0.3 is 20.4 Å². The van der Waals surface area contributed by atoms with E-state index in [2.05, 4.69) is 0 Å². The van der Waals surface area contributed by atoms with Crippen molar-refractivity contribution < 1.29 is 20.4 Å². The van der Waals surface area contributed by atoms with Gasteiger partial charge in [0.05, 0.1) is 12.2 Å². The molecule has 4 unspecified atom stereocenters. The monoisotopic (exact) mass is 164 g/mol. The zero-order valence-corrected chi connectivity index (χ0v) is 7.02. The summed E-state index contributed by atoms with van der Waals surface area (Å²) in [5.41, 5.74) is -1.66. The lowest BCUT2D eigenvalue weighted by Crippen LogP contribution is -2.52. The van der Waals surface area contributed by atoms with Crippen LogP contribution < -0.4 is 0 Å². The summed E-state index contributed by atoms with van der Waals surface area (Å²) >= 11 is 0. The third-order valence-corrected chi connectivity index (χ3v) is 1.90. The largest absolute Gasteiger partial charge is 0.391 e. The molecule has 0 amide bonds. The molecule has 4 heteroatoms. The van der Waals surface area contributed by atoms with Crippen molar-refractivity contribution in [1.82, 2.24) is 0 Å². The molecule has 0 saturated heterocycles. The van der Waals surface area contributed by atoms with Crippen LogP contribution in [0.4, 0.5) is 0 Å². The predicted molar refractivity (Wildman–Crippen MR) is 40.0 cm³/mol. The van der Waals surface area contributed by atoms with E-state index in [-0.39, 0.29) is 0 Å². The molecule has 0 fully saturated rings. The smallest absolute Gasteiger partial charge is 0.116 e. The zero-order valence-electron chi connectivity index (χ0n) is 7.02. The Balaban J connectivity index is 4.29. The number of rotatable bonds is 3. The molecule has 0 bridgehead atoms. The van der Waals surface area contributed by atoms with Gasteiger partial charge in [-0.3, -0.25) is 0 Å². The van der Waals surface area contributed by atoms with E-state index in [0.29, 0.717) is 0 Å². The second-order valence-electron chi connectivity index (χ2n) is 3.09. The van der Waals surface area contributed by atoms with Crippen molar-refractivity contribution in [2.75, 3.05) is 0 Å². The van der Waals surface area contributed by atoms with Gasteiger partial charge in [-0.2, -0.15) is 0 Å². The molecule has 0 aliphatic carbocycles. The molecule has 4 N–H and O–H groups in total. The fraction of sp³-hybridized carbons (Fsp3) is 1.00. The molecule has 0 aliphatic rings. The molecular formula is C7H16O4. The van der Waals surface area contributed by atoms with Crippen molar-refractivity contribution in [3.8, 4) is 0 Å². The molecule has 0 radical (unpaired) electrons. The summed E-state index contributed by atoms with van der Waals surface area (Å²) in [5.74, 6) is 0. The Morgan fingerprint density at radius 1 is 1.09 bits per heavy atom. The molecule has 11 heavy (non-hydrogen) atoms. The summed E-state index contributed by atoms with van der Waals surface area (Å²) in [7, 11) is 0. The van der Waals surface area contributed by atoms with Gasteiger partial charge in [-0.05, 0) is 20.8 Å². The summed E-state index contributed by atoms with van der Waals surface area (Å²) in [6.07, 6.45) is -3.46. The third kappa shape index (κ3) is 2.41. The van der Waals surface area contributed by atoms with Crippen LogP contribution in [-0.2, 0) is 0 Å². The van der Waals surface area contributed by atoms with Crippen LogP contribution in [0.15, 0.2) is 0 Å². The van der Waals surface area contributed by atoms with Crippen LogP contribution in [0.2, 0.25) is 0 Å². The first-order valence-corrected chi connectivity index (χ1v) is 3.56. The maximum absolute atomic E-state index is 9.37. The Hall–Kier alpha value is -0.160. The molecule has 0 aromatic rings. The molecular weight excluding hydrogens is 148 g/mol. The maximum atomic E-state index is 9.37. The minimum atomic E-state index is -1.66. The van der Waals surface area contributed by atoms with Gasteiger partial charge in [-0.25, -0.2) is 0 Å². The average molecular weight is 164 g/mol. The molecule has 0 aromatic carbocycles. The van der Waals surface area contributed by atoms with Crippen molar-refractivity contribution in [3.63, 3.8) is 0 Å². The molecule has 0 rings (SSSR count). The number of aliphatic hydroxyl groups excluding tert-OH is 3. The average Bonchev–Trinajstić information content (AvgIpc) is 1.85. The fourth-order valence-electron chi connectivity index (χ4n) is 0.735. The zero-order chi connectivity index (χ0) is 9.23. The number of hydrogen-bond acceptors (Lipinski definition) is 4. The highest BCUT2D eigenvalue weighted by Gasteiger charge is 2.37. The summed E-state index contributed by atoms with van der Waals surface area (Å²) in [4.78, 5) is 0. The molecule has 0 aliphatic heterocycles. The van der Waals surface area contributed by atoms with Gasteiger partial charge in [0, 0.05) is 0 Å². The van der Waals surface area contributed by atoms with Gasteiger partial charge in [-0.1, -0.05) is 0 Å². The van der Waals surface area contributed by atoms with E-state index in [1.54, 1.807) is 0 Å². The SMILES string of the molecule is CC(O)C(O)C(C)(O)C(C)O. The van der Waals surface area contributed by atoms with E-state index in [4.69, 9.17) is 15.3 Å². The second-order valence-corrected chi connectivity index (χ2v) is 3.09. The molecule has 68 valence electrons. The van der Waals surface area contributed by atoms with Crippen molar-refractivity contribution >= 4 is 0 Å². The van der Waals surface area contributed by atoms with E-state index >= 15 is 0 Å². The van der Waals surface area contributed by atoms with Crippen LogP contribution in [0, 0.1) is 0 Å². The highest BCUT2D eigenvalue weighted by Crippen LogP contribution is 2.17. The first kappa shape index (κ1) is 10.8. The lowest BCUT2D eigenvalue weighted by atomic mass is 9.90. The van der Waals surface area contributed by atoms with Gasteiger partial charge >= 0.3 is 0 Å². The Morgan fingerprint density at radius 2 is 1.45 bits per heavy atom. The minimum absolute atomic E-state index is 1.06. The van der Waals surface area contributed by atoms with E-state index in [0.717, 1.165) is 0 Å². The van der Waals surface area contributed by atoms with Crippen molar-refractivity contribution in [3.05, 3.63) is 0 Å². The number of aliphatic hydroxyl groups is 4. The first-order valence-electron chi connectivity index (χ1n) is 3.56. The van der Waals surface area contributed by atoms with E-state index < -0.39 is 23.9 Å². The summed E-state index contributed by atoms with van der Waals surface area (Å²) in [5, 5.41) is 36.4. The lowest BCUT2D eigenvalue weighted by Gasteiger charge is -2.33. The van der Waals surface area contributed by atoms with Crippen molar-refractivity contribution in [2.24, 2.45) is 0 Å². The first-order chi connectivity index (χ1) is 4.80. The van der Waals surface area contributed by atoms with E-state index in [1.807, 2.05) is 0 Å². The Morgan fingerprint density at radius 3 is 1.55 bits per heavy atom. The Labute approximate surface area is 66.1 Å². The third-order valence-electron chi connectivity index (χ3n) is 1.90. The van der Waals surface area contributed by atoms with Crippen LogP contribution in [0.25, 0.3) is 0 Å². The van der Waals surface area contributed by atoms with Crippen LogP contribution in [0.1, 0.15) is 20.8 Å². The number of hydrogen-bond donors (Lipinski definition) is 4. The normalized spacial score (nSPS) is 25.4. The lowest BCUT2D eigenvalue weighted by molar-refractivity contribution is -0.158. The predicted octanol–water partition coefficient (Wildman–Crippen LogP) is -1.14. The molecule has 4 atom stereocenters. The summed E-state index contributed by atoms with van der Waals surface area (Å²) < 4.78 is 0. The summed E-state index contributed by atoms with van der Waals surface area (Å²) in [6.45, 7) is 3.97. The van der Waals surface area contributed by atoms with Crippen molar-refractivity contribution in [2.45, 2.75) is 44.7 Å². The maximum Gasteiger partial charge on any atom is 0.116 e. The molecule has 0 saturated carbocycles. The van der Waals surface area contributed by atoms with Crippen LogP contribution in [0.3, 0.4) is 0 Å². The van der Waals surface area contributed by atoms with Gasteiger partial charge in [-0.15, -0.1) is 0 Å². The fourth-order valence-corrected chi connectivity index (χ4v) is 0.735. The van der Waals surface area contributed by atoms with Crippen LogP contribution in [-0.4, -0.2) is 44.3 Å². The van der Waals surface area contributed by atoms with E-state index in [1.165, 1.54) is 20.8 Å². The minimum Gasteiger partial charge on any atom is -0.391 e. The standard InChI is InChI=1S/C7H16O4/c1-4(8)6(10)7(3,11)5(2)9/h4-6,8-11H,1-3H3. The summed E-state index contributed by atoms with van der Waals surface area (Å²) in [6, 6.07) is 0. The van der Waals surface area contributed by atoms with Crippen molar-refractivity contribution in [1.29, 1.82) is 0 Å². The highest BCUT2D eigenvalue weighted by atomic mass is 16.4. The molecule has 0 spiro atoms. The van der Waals surface area contributed by atoms with Gasteiger partial charge in [0.1, 0.15) is 11.7 Å². The van der Waals surface area contributed by atoms with Gasteiger partial charge in [0.2, 0.25) is 0 Å². The van der Waals surface area contributed by atoms with Gasteiger partial charge in [0.25, 0.3) is 0 Å². The molecule has 0 aromatic heterocycles. The van der Waals surface area contributed by atoms with Gasteiger partial charge in [0.15, 0.2) is 0 Å². The topological polar surface area (TPSA) is 80.9 Å². The Bertz CT molecular complexity index is 120. The van der Waals surface area contributed by atoms with Crippen LogP contribution in [0.5, 0.6) is 0 Å². The van der Waals surface area contributed by atoms with Crippen LogP contribution >= 0.6 is 0 Å². The highest BCUT2D eigenvalue weighted by molar-refractivity contribution is 4.89. The molecule has 0 heterocycles. The van der Waals surface area contributed by atoms with E-state index in [9.17, 15) is 5.11 Å². The second kappa shape index (κ2) is 3.49. The quantitative estimate of drug-likeness (QED) is 0.425. The Kier molecular flexibility index (Phi) is 3.44.